The van der Waals surface area contributed by atoms with E-state index in [0.29, 0.717) is 5.75 Å². The second kappa shape index (κ2) is 4.14. The highest BCUT2D eigenvalue weighted by atomic mass is 16.5. The molecule has 16 heavy (non-hydrogen) atoms. The fourth-order valence-electron chi connectivity index (χ4n) is 1.42. The predicted octanol–water partition coefficient (Wildman–Crippen LogP) is 0.255. The summed E-state index contributed by atoms with van der Waals surface area (Å²) in [6, 6.07) is 8.41. The summed E-state index contributed by atoms with van der Waals surface area (Å²) in [5.74, 6) is -2.40. The Morgan fingerprint density at radius 1 is 1.25 bits per heavy atom. The van der Waals surface area contributed by atoms with Crippen LogP contribution in [0.15, 0.2) is 30.3 Å². The molecule has 0 aromatic heterocycles. The van der Waals surface area contributed by atoms with Crippen LogP contribution >= 0.6 is 0 Å². The molecule has 0 aliphatic carbocycles. The van der Waals surface area contributed by atoms with Crippen LogP contribution in [0.5, 0.6) is 5.75 Å². The van der Waals surface area contributed by atoms with Crippen LogP contribution in [0.1, 0.15) is 6.42 Å². The summed E-state index contributed by atoms with van der Waals surface area (Å²) in [5, 5.41) is 2.05. The molecular weight excluding hydrogens is 210 g/mol. The minimum absolute atomic E-state index is 0.134. The number of carbonyl (C=O) groups is 3. The maximum atomic E-state index is 11.5. The van der Waals surface area contributed by atoms with Crippen molar-refractivity contribution in [2.75, 3.05) is 0 Å². The highest BCUT2D eigenvalue weighted by Gasteiger charge is 2.37. The molecule has 1 atom stereocenters. The normalized spacial score (nSPS) is 19.4. The molecule has 1 heterocycles. The van der Waals surface area contributed by atoms with E-state index in [2.05, 4.69) is 5.32 Å². The Balaban J connectivity index is 2.04. The number of carbonyl (C=O) groups excluding carboxylic acids is 3. The smallest absolute Gasteiger partial charge is 0.324 e. The molecule has 1 saturated heterocycles. The summed E-state index contributed by atoms with van der Waals surface area (Å²) in [6.45, 7) is 0. The summed E-state index contributed by atoms with van der Waals surface area (Å²) >= 11 is 0. The third-order valence-corrected chi connectivity index (χ3v) is 2.21. The van der Waals surface area contributed by atoms with E-state index in [1.807, 2.05) is 0 Å². The first-order valence-electron chi connectivity index (χ1n) is 4.77. The first kappa shape index (κ1) is 10.4. The molecule has 1 aromatic carbocycles. The van der Waals surface area contributed by atoms with Crippen molar-refractivity contribution >= 4 is 17.8 Å². The lowest BCUT2D eigenvalue weighted by molar-refractivity contribution is -0.143. The van der Waals surface area contributed by atoms with E-state index in [1.54, 1.807) is 30.3 Å². The molecule has 2 amide bonds. The molecule has 2 rings (SSSR count). The minimum Gasteiger partial charge on any atom is -0.426 e. The Morgan fingerprint density at radius 3 is 2.50 bits per heavy atom. The third kappa shape index (κ3) is 2.08. The van der Waals surface area contributed by atoms with E-state index < -0.39 is 23.7 Å². The van der Waals surface area contributed by atoms with E-state index in [-0.39, 0.29) is 6.42 Å². The highest BCUT2D eigenvalue weighted by Crippen LogP contribution is 2.16. The molecule has 0 spiro atoms. The number of rotatable bonds is 2. The van der Waals surface area contributed by atoms with E-state index in [9.17, 15) is 14.4 Å². The molecule has 1 aliphatic heterocycles. The Bertz CT molecular complexity index is 441. The summed E-state index contributed by atoms with van der Waals surface area (Å²) in [5.41, 5.74) is 0. The maximum absolute atomic E-state index is 11.5. The van der Waals surface area contributed by atoms with Crippen LogP contribution in [0.3, 0.4) is 0 Å². The Morgan fingerprint density at radius 2 is 1.94 bits per heavy atom. The van der Waals surface area contributed by atoms with Gasteiger partial charge in [-0.2, -0.15) is 0 Å². The monoisotopic (exact) mass is 219 g/mol. The van der Waals surface area contributed by atoms with Crippen molar-refractivity contribution in [1.29, 1.82) is 0 Å². The summed E-state index contributed by atoms with van der Waals surface area (Å²) in [6.07, 6.45) is -0.134. The predicted molar refractivity (Wildman–Crippen MR) is 53.3 cm³/mol. The number of esters is 1. The number of nitrogens with one attached hydrogen (secondary N) is 1. The van der Waals surface area contributed by atoms with Gasteiger partial charge in [0.05, 0.1) is 0 Å². The lowest BCUT2D eigenvalue weighted by Crippen LogP contribution is -2.28. The van der Waals surface area contributed by atoms with Crippen molar-refractivity contribution in [3.05, 3.63) is 30.3 Å². The van der Waals surface area contributed by atoms with Gasteiger partial charge in [0.25, 0.3) is 0 Å². The van der Waals surface area contributed by atoms with Crippen molar-refractivity contribution < 1.29 is 19.1 Å². The van der Waals surface area contributed by atoms with Gasteiger partial charge >= 0.3 is 5.97 Å². The number of ether oxygens (including phenoxy) is 1. The summed E-state index contributed by atoms with van der Waals surface area (Å²) < 4.78 is 4.97. The molecule has 5 heteroatoms. The molecular formula is C11H9NO4. The first-order chi connectivity index (χ1) is 7.66. The van der Waals surface area contributed by atoms with E-state index >= 15 is 0 Å². The van der Waals surface area contributed by atoms with Gasteiger partial charge in [0.2, 0.25) is 11.8 Å². The van der Waals surface area contributed by atoms with Crippen molar-refractivity contribution in [1.82, 2.24) is 5.32 Å². The standard InChI is InChI=1S/C11H9NO4/c13-9-6-8(10(14)12-9)11(15)16-7-4-2-1-3-5-7/h1-5,8H,6H2,(H,12,13,14). The molecule has 0 saturated carbocycles. The maximum Gasteiger partial charge on any atom is 0.324 e. The molecule has 1 unspecified atom stereocenters. The van der Waals surface area contributed by atoms with E-state index in [4.69, 9.17) is 4.74 Å². The van der Waals surface area contributed by atoms with E-state index in [0.717, 1.165) is 0 Å². The molecule has 5 nitrogen and oxygen atoms in total. The third-order valence-electron chi connectivity index (χ3n) is 2.21. The van der Waals surface area contributed by atoms with Gasteiger partial charge < -0.3 is 4.74 Å². The number of para-hydroxylation sites is 1. The zero-order valence-corrected chi connectivity index (χ0v) is 8.30. The quantitative estimate of drug-likeness (QED) is 0.335. The van der Waals surface area contributed by atoms with Crippen molar-refractivity contribution in [2.24, 2.45) is 5.92 Å². The van der Waals surface area contributed by atoms with Gasteiger partial charge in [-0.1, -0.05) is 18.2 Å². The van der Waals surface area contributed by atoms with Crippen LogP contribution < -0.4 is 10.1 Å². The summed E-state index contributed by atoms with van der Waals surface area (Å²) in [4.78, 5) is 33.6. The Hall–Kier alpha value is -2.17. The number of hydrogen-bond acceptors (Lipinski definition) is 4. The topological polar surface area (TPSA) is 72.5 Å². The number of amides is 2. The van der Waals surface area contributed by atoms with Crippen LogP contribution in [0, 0.1) is 5.92 Å². The lowest BCUT2D eigenvalue weighted by atomic mass is 10.1. The summed E-state index contributed by atoms with van der Waals surface area (Å²) in [7, 11) is 0. The van der Waals surface area contributed by atoms with Gasteiger partial charge in [-0.25, -0.2) is 0 Å². The van der Waals surface area contributed by atoms with Crippen LogP contribution in [0.2, 0.25) is 0 Å². The Kier molecular flexibility index (Phi) is 2.68. The molecule has 1 N–H and O–H groups in total. The fraction of sp³-hybridized carbons (Fsp3) is 0.182. The number of hydrogen-bond donors (Lipinski definition) is 1. The van der Waals surface area contributed by atoms with Crippen molar-refractivity contribution in [3.63, 3.8) is 0 Å². The van der Waals surface area contributed by atoms with Crippen LogP contribution in [-0.2, 0) is 14.4 Å². The fourth-order valence-corrected chi connectivity index (χ4v) is 1.42. The molecule has 0 bridgehead atoms. The number of imide groups is 1. The minimum atomic E-state index is -1.02. The Labute approximate surface area is 91.4 Å². The zero-order valence-electron chi connectivity index (χ0n) is 8.30. The second-order valence-corrected chi connectivity index (χ2v) is 3.40. The SMILES string of the molecule is O=C1CC(C(=O)Oc2ccccc2)C(=O)N1. The van der Waals surface area contributed by atoms with Gasteiger partial charge in [0.1, 0.15) is 11.7 Å². The van der Waals surface area contributed by atoms with Crippen molar-refractivity contribution in [2.45, 2.75) is 6.42 Å². The van der Waals surface area contributed by atoms with Gasteiger partial charge in [-0.05, 0) is 12.1 Å². The molecule has 1 fully saturated rings. The van der Waals surface area contributed by atoms with Gasteiger partial charge in [0, 0.05) is 6.42 Å². The largest absolute Gasteiger partial charge is 0.426 e. The average molecular weight is 219 g/mol. The zero-order chi connectivity index (χ0) is 11.5. The first-order valence-corrected chi connectivity index (χ1v) is 4.77. The van der Waals surface area contributed by atoms with E-state index in [1.165, 1.54) is 0 Å². The van der Waals surface area contributed by atoms with Gasteiger partial charge in [0.15, 0.2) is 0 Å². The van der Waals surface area contributed by atoms with Crippen LogP contribution in [0.4, 0.5) is 0 Å². The molecule has 0 radical (unpaired) electrons. The highest BCUT2D eigenvalue weighted by molar-refractivity contribution is 6.12. The second-order valence-electron chi connectivity index (χ2n) is 3.40. The molecule has 1 aromatic rings. The van der Waals surface area contributed by atoms with Crippen molar-refractivity contribution in [3.8, 4) is 5.75 Å². The molecule has 1 aliphatic rings. The van der Waals surface area contributed by atoms with Gasteiger partial charge in [-0.3, -0.25) is 19.7 Å². The lowest BCUT2D eigenvalue weighted by Gasteiger charge is -2.06. The number of benzene rings is 1. The van der Waals surface area contributed by atoms with Crippen LogP contribution in [-0.4, -0.2) is 17.8 Å². The molecule has 82 valence electrons. The van der Waals surface area contributed by atoms with Crippen LogP contribution in [0.25, 0.3) is 0 Å². The van der Waals surface area contributed by atoms with Gasteiger partial charge in [-0.15, -0.1) is 0 Å². The average Bonchev–Trinajstić information content (AvgIpc) is 2.59.